The van der Waals surface area contributed by atoms with Crippen molar-refractivity contribution in [3.8, 4) is 0 Å². The number of hydrogen-bond donors (Lipinski definition) is 0. The molecule has 2 rings (SSSR count). The van der Waals surface area contributed by atoms with Gasteiger partial charge in [-0.2, -0.15) is 0 Å². The summed E-state index contributed by atoms with van der Waals surface area (Å²) >= 11 is 0. The monoisotopic (exact) mass is 157 g/mol. The molecule has 0 unspecified atom stereocenters. The van der Waals surface area contributed by atoms with Crippen LogP contribution in [0.5, 0.6) is 0 Å². The lowest BCUT2D eigenvalue weighted by Crippen LogP contribution is -1.98. The summed E-state index contributed by atoms with van der Waals surface area (Å²) in [6, 6.07) is 7.80. The molecule has 0 atom stereocenters. The first-order valence-corrected chi connectivity index (χ1v) is 3.76. The van der Waals surface area contributed by atoms with E-state index in [-0.39, 0.29) is 0 Å². The zero-order valence-electron chi connectivity index (χ0n) is 6.45. The second-order valence-corrected chi connectivity index (χ2v) is 2.69. The predicted octanol–water partition coefficient (Wildman–Crippen LogP) is 1.70. The average molecular weight is 157 g/mol. The molecule has 0 amide bonds. The Bertz CT molecular complexity index is 387. The minimum atomic E-state index is 0.619. The summed E-state index contributed by atoms with van der Waals surface area (Å²) in [4.78, 5) is 14.4. The summed E-state index contributed by atoms with van der Waals surface area (Å²) in [5.74, 6) is 1.86. The van der Waals surface area contributed by atoms with E-state index < -0.39 is 0 Å². The lowest BCUT2D eigenvalue weighted by molar-refractivity contribution is 0.567. The normalized spacial score (nSPS) is 13.8. The van der Waals surface area contributed by atoms with Crippen molar-refractivity contribution in [3.05, 3.63) is 35.4 Å². The summed E-state index contributed by atoms with van der Waals surface area (Å²) in [6.07, 6.45) is 2.23. The van der Waals surface area contributed by atoms with Crippen molar-refractivity contribution < 1.29 is 4.79 Å². The van der Waals surface area contributed by atoms with Crippen LogP contribution in [0.1, 0.15) is 5.56 Å². The molecule has 1 aliphatic rings. The number of hydrogen-bond acceptors (Lipinski definition) is 2. The highest BCUT2D eigenvalue weighted by Crippen LogP contribution is 2.23. The minimum Gasteiger partial charge on any atom is -0.256 e. The molecule has 0 saturated carbocycles. The Balaban J connectivity index is 2.52. The second-order valence-electron chi connectivity index (χ2n) is 2.69. The minimum absolute atomic E-state index is 0.619. The molecule has 1 aliphatic heterocycles. The molecule has 1 aromatic carbocycles. The quantitative estimate of drug-likeness (QED) is 0.527. The van der Waals surface area contributed by atoms with Crippen molar-refractivity contribution in [1.82, 2.24) is 0 Å². The van der Waals surface area contributed by atoms with Crippen molar-refractivity contribution >= 4 is 17.8 Å². The summed E-state index contributed by atoms with van der Waals surface area (Å²) < 4.78 is 0. The molecule has 2 nitrogen and oxygen atoms in total. The summed E-state index contributed by atoms with van der Waals surface area (Å²) in [7, 11) is 0. The molecule has 0 aromatic heterocycles. The molecule has 0 spiro atoms. The van der Waals surface area contributed by atoms with Gasteiger partial charge in [0.2, 0.25) is 0 Å². The number of allylic oxidation sites excluding steroid dienone is 1. The number of fused-ring (bicyclic) bond motifs is 1. The zero-order valence-corrected chi connectivity index (χ0v) is 6.45. The van der Waals surface area contributed by atoms with Crippen LogP contribution in [0.4, 0.5) is 5.69 Å². The highest BCUT2D eigenvalue weighted by Gasteiger charge is 2.07. The predicted molar refractivity (Wildman–Crippen MR) is 47.5 cm³/mol. The Morgan fingerprint density at radius 3 is 3.00 bits per heavy atom. The van der Waals surface area contributed by atoms with Crippen molar-refractivity contribution in [2.75, 3.05) is 0 Å². The molecular weight excluding hydrogens is 150 g/mol. The van der Waals surface area contributed by atoms with Gasteiger partial charge < -0.3 is 0 Å². The maximum Gasteiger partial charge on any atom is 0.129 e. The second kappa shape index (κ2) is 2.76. The average Bonchev–Trinajstić information content (AvgIpc) is 2.17. The van der Waals surface area contributed by atoms with E-state index in [1.807, 2.05) is 30.2 Å². The summed E-state index contributed by atoms with van der Waals surface area (Å²) in [6.45, 7) is 0. The largest absolute Gasteiger partial charge is 0.256 e. The fourth-order valence-corrected chi connectivity index (χ4v) is 1.25. The maximum atomic E-state index is 10.3. The van der Waals surface area contributed by atoms with Crippen molar-refractivity contribution in [2.45, 2.75) is 6.42 Å². The van der Waals surface area contributed by atoms with Crippen molar-refractivity contribution in [2.24, 2.45) is 4.99 Å². The highest BCUT2D eigenvalue weighted by atomic mass is 16.1. The number of rotatable bonds is 0. The van der Waals surface area contributed by atoms with Crippen LogP contribution < -0.4 is 0 Å². The van der Waals surface area contributed by atoms with Gasteiger partial charge in [-0.1, -0.05) is 18.2 Å². The van der Waals surface area contributed by atoms with Gasteiger partial charge in [-0.25, -0.2) is 4.79 Å². The molecule has 58 valence electrons. The van der Waals surface area contributed by atoms with Crippen LogP contribution in [-0.4, -0.2) is 12.2 Å². The first kappa shape index (κ1) is 7.01. The number of nitrogens with zero attached hydrogens (tertiary/aromatic N) is 1. The first-order chi connectivity index (χ1) is 5.90. The maximum absolute atomic E-state index is 10.3. The highest BCUT2D eigenvalue weighted by molar-refractivity contribution is 5.93. The third kappa shape index (κ3) is 1.09. The number of benzene rings is 1. The Morgan fingerprint density at radius 1 is 1.33 bits per heavy atom. The molecule has 0 saturated heterocycles. The van der Waals surface area contributed by atoms with Gasteiger partial charge >= 0.3 is 0 Å². The van der Waals surface area contributed by atoms with Gasteiger partial charge in [-0.3, -0.25) is 4.99 Å². The van der Waals surface area contributed by atoms with Gasteiger partial charge in [-0.15, -0.1) is 0 Å². The molecule has 0 N–H and O–H groups in total. The standard InChI is InChI=1S/C10H7NO/c12-7-8-5-9-3-1-2-4-10(9)11-6-8/h1-4,6H,5H2. The number of carbonyl (C=O) groups excluding carboxylic acids is 1. The lowest BCUT2D eigenvalue weighted by Gasteiger charge is -2.08. The van der Waals surface area contributed by atoms with Crippen LogP contribution >= 0.6 is 0 Å². The van der Waals surface area contributed by atoms with Crippen LogP contribution in [0.2, 0.25) is 0 Å². The Kier molecular flexibility index (Phi) is 1.61. The van der Waals surface area contributed by atoms with E-state index in [1.165, 1.54) is 0 Å². The van der Waals surface area contributed by atoms with Gasteiger partial charge in [0.15, 0.2) is 0 Å². The van der Waals surface area contributed by atoms with Gasteiger partial charge in [0.1, 0.15) is 5.94 Å². The number of para-hydroxylation sites is 1. The SMILES string of the molecule is O=C=C1C=Nc2ccccc2C1. The molecule has 2 heteroatoms. The molecule has 0 bridgehead atoms. The van der Waals surface area contributed by atoms with Gasteiger partial charge in [0.05, 0.1) is 11.3 Å². The van der Waals surface area contributed by atoms with Crippen LogP contribution in [0, 0.1) is 0 Å². The topological polar surface area (TPSA) is 29.4 Å². The Labute approximate surface area is 70.3 Å². The Morgan fingerprint density at radius 2 is 2.17 bits per heavy atom. The molecule has 1 heterocycles. The van der Waals surface area contributed by atoms with Gasteiger partial charge in [0, 0.05) is 12.6 Å². The molecule has 0 radical (unpaired) electrons. The fraction of sp³-hybridized carbons (Fsp3) is 0.100. The molecular formula is C10H7NO. The van der Waals surface area contributed by atoms with Crippen LogP contribution in [0.15, 0.2) is 34.8 Å². The van der Waals surface area contributed by atoms with Gasteiger partial charge in [0.25, 0.3) is 0 Å². The first-order valence-electron chi connectivity index (χ1n) is 3.76. The van der Waals surface area contributed by atoms with E-state index in [9.17, 15) is 4.79 Å². The third-order valence-electron chi connectivity index (χ3n) is 1.86. The van der Waals surface area contributed by atoms with Crippen molar-refractivity contribution in [1.29, 1.82) is 0 Å². The molecule has 0 aliphatic carbocycles. The van der Waals surface area contributed by atoms with Crippen LogP contribution in [-0.2, 0) is 11.2 Å². The zero-order chi connectivity index (χ0) is 8.39. The van der Waals surface area contributed by atoms with E-state index in [1.54, 1.807) is 6.21 Å². The van der Waals surface area contributed by atoms with Crippen molar-refractivity contribution in [3.63, 3.8) is 0 Å². The third-order valence-corrected chi connectivity index (χ3v) is 1.86. The van der Waals surface area contributed by atoms with E-state index in [2.05, 4.69) is 4.99 Å². The van der Waals surface area contributed by atoms with Crippen LogP contribution in [0.25, 0.3) is 0 Å². The van der Waals surface area contributed by atoms with Gasteiger partial charge in [-0.05, 0) is 11.6 Å². The summed E-state index contributed by atoms with van der Waals surface area (Å²) in [5.41, 5.74) is 2.67. The van der Waals surface area contributed by atoms with E-state index >= 15 is 0 Å². The number of aliphatic imine (C=N–C) groups is 1. The summed E-state index contributed by atoms with van der Waals surface area (Å²) in [5, 5.41) is 0. The van der Waals surface area contributed by atoms with Crippen LogP contribution in [0.3, 0.4) is 0 Å². The van der Waals surface area contributed by atoms with E-state index in [4.69, 9.17) is 0 Å². The Hall–Kier alpha value is -1.66. The molecule has 1 aromatic rings. The molecule has 0 fully saturated rings. The molecule has 12 heavy (non-hydrogen) atoms. The lowest BCUT2D eigenvalue weighted by atomic mass is 10.0. The smallest absolute Gasteiger partial charge is 0.129 e. The fourth-order valence-electron chi connectivity index (χ4n) is 1.25. The van der Waals surface area contributed by atoms with E-state index in [0.29, 0.717) is 12.0 Å². The van der Waals surface area contributed by atoms with E-state index in [0.717, 1.165) is 11.3 Å².